The van der Waals surface area contributed by atoms with Gasteiger partial charge in [0.05, 0.1) is 6.54 Å². The molecular weight excluding hydrogens is 440 g/mol. The van der Waals surface area contributed by atoms with Crippen LogP contribution in [0.15, 0.2) is 78.9 Å². The molecule has 35 heavy (non-hydrogen) atoms. The zero-order valence-electron chi connectivity index (χ0n) is 20.9. The Morgan fingerprint density at radius 2 is 1.40 bits per heavy atom. The van der Waals surface area contributed by atoms with Gasteiger partial charge in [0, 0.05) is 45.0 Å². The number of amides is 2. The van der Waals surface area contributed by atoms with E-state index >= 15 is 0 Å². The number of nitrogens with one attached hydrogen (secondary N) is 1. The largest absolute Gasteiger partial charge is 0.457 e. The van der Waals surface area contributed by atoms with E-state index in [0.29, 0.717) is 17.9 Å². The number of carbonyl (C=O) groups excluding carboxylic acids is 2. The highest BCUT2D eigenvalue weighted by Gasteiger charge is 2.14. The van der Waals surface area contributed by atoms with Gasteiger partial charge in [0.15, 0.2) is 0 Å². The average molecular weight is 475 g/mol. The second kappa shape index (κ2) is 12.7. The van der Waals surface area contributed by atoms with E-state index < -0.39 is 0 Å². The summed E-state index contributed by atoms with van der Waals surface area (Å²) in [5.74, 6) is 1.36. The zero-order chi connectivity index (χ0) is 25.2. The molecule has 3 rings (SSSR count). The number of hydrogen-bond acceptors (Lipinski definition) is 5. The third-order valence-electron chi connectivity index (χ3n) is 5.36. The van der Waals surface area contributed by atoms with Crippen LogP contribution in [0.5, 0.6) is 11.5 Å². The Morgan fingerprint density at radius 3 is 2.00 bits per heavy atom. The number of rotatable bonds is 11. The first-order chi connectivity index (χ1) is 16.8. The summed E-state index contributed by atoms with van der Waals surface area (Å²) in [6, 6.07) is 24.5. The van der Waals surface area contributed by atoms with Crippen molar-refractivity contribution in [3.8, 4) is 11.5 Å². The Bertz CT molecular complexity index is 1080. The molecule has 2 amide bonds. The lowest BCUT2D eigenvalue weighted by Crippen LogP contribution is -2.37. The molecule has 0 atom stereocenters. The van der Waals surface area contributed by atoms with Crippen LogP contribution >= 0.6 is 0 Å². The maximum absolute atomic E-state index is 12.8. The number of para-hydroxylation sites is 1. The molecule has 0 fully saturated rings. The Hall–Kier alpha value is -3.68. The minimum Gasteiger partial charge on any atom is -0.457 e. The molecule has 0 aliphatic rings. The first-order valence-corrected chi connectivity index (χ1v) is 11.6. The standard InChI is InChI=1S/C28H34N4O3/c1-30(2)18-19-32(20-22-10-12-23(13-11-22)28(34)31(3)4)21-27(33)29-24-14-16-26(17-15-24)35-25-8-6-5-7-9-25/h5-17H,18-21H2,1-4H3,(H,29,33). The van der Waals surface area contributed by atoms with Crippen molar-refractivity contribution in [1.82, 2.24) is 14.7 Å². The second-order valence-corrected chi connectivity index (χ2v) is 8.90. The van der Waals surface area contributed by atoms with Crippen LogP contribution in [0.3, 0.4) is 0 Å². The van der Waals surface area contributed by atoms with Gasteiger partial charge >= 0.3 is 0 Å². The molecule has 0 heterocycles. The maximum atomic E-state index is 12.8. The molecule has 0 spiro atoms. The van der Waals surface area contributed by atoms with Crippen LogP contribution in [0.25, 0.3) is 0 Å². The quantitative estimate of drug-likeness (QED) is 0.452. The highest BCUT2D eigenvalue weighted by Crippen LogP contribution is 2.22. The summed E-state index contributed by atoms with van der Waals surface area (Å²) in [6.07, 6.45) is 0. The van der Waals surface area contributed by atoms with Gasteiger partial charge in [0.25, 0.3) is 5.91 Å². The van der Waals surface area contributed by atoms with Gasteiger partial charge in [0.1, 0.15) is 11.5 Å². The molecule has 7 heteroatoms. The van der Waals surface area contributed by atoms with E-state index in [1.54, 1.807) is 19.0 Å². The predicted octanol–water partition coefficient (Wildman–Crippen LogP) is 4.18. The third kappa shape index (κ3) is 8.55. The smallest absolute Gasteiger partial charge is 0.253 e. The molecule has 0 bridgehead atoms. The summed E-state index contributed by atoms with van der Waals surface area (Å²) < 4.78 is 5.81. The Morgan fingerprint density at radius 1 is 0.771 bits per heavy atom. The number of nitrogens with zero attached hydrogens (tertiary/aromatic N) is 3. The van der Waals surface area contributed by atoms with Crippen LogP contribution in [-0.2, 0) is 11.3 Å². The van der Waals surface area contributed by atoms with E-state index in [-0.39, 0.29) is 18.4 Å². The molecule has 0 radical (unpaired) electrons. The van der Waals surface area contributed by atoms with Crippen molar-refractivity contribution in [2.45, 2.75) is 6.54 Å². The molecule has 3 aromatic rings. The minimum atomic E-state index is -0.0834. The molecule has 7 nitrogen and oxygen atoms in total. The van der Waals surface area contributed by atoms with Crippen LogP contribution in [0.2, 0.25) is 0 Å². The molecular formula is C28H34N4O3. The predicted molar refractivity (Wildman–Crippen MR) is 140 cm³/mol. The number of ether oxygens (including phenoxy) is 1. The monoisotopic (exact) mass is 474 g/mol. The fraction of sp³-hybridized carbons (Fsp3) is 0.286. The highest BCUT2D eigenvalue weighted by molar-refractivity contribution is 5.94. The van der Waals surface area contributed by atoms with Crippen molar-refractivity contribution in [1.29, 1.82) is 0 Å². The molecule has 0 aliphatic carbocycles. The van der Waals surface area contributed by atoms with Gasteiger partial charge in [-0.1, -0.05) is 30.3 Å². The van der Waals surface area contributed by atoms with Crippen LogP contribution in [0, 0.1) is 0 Å². The fourth-order valence-corrected chi connectivity index (χ4v) is 3.46. The van der Waals surface area contributed by atoms with Crippen molar-refractivity contribution in [2.75, 3.05) is 53.1 Å². The van der Waals surface area contributed by atoms with Crippen molar-refractivity contribution in [2.24, 2.45) is 0 Å². The zero-order valence-corrected chi connectivity index (χ0v) is 20.9. The first kappa shape index (κ1) is 25.9. The van der Waals surface area contributed by atoms with Crippen molar-refractivity contribution in [3.05, 3.63) is 90.0 Å². The van der Waals surface area contributed by atoms with Crippen molar-refractivity contribution in [3.63, 3.8) is 0 Å². The summed E-state index contributed by atoms with van der Waals surface area (Å²) in [7, 11) is 7.50. The fourth-order valence-electron chi connectivity index (χ4n) is 3.46. The molecule has 0 aliphatic heterocycles. The van der Waals surface area contributed by atoms with E-state index in [9.17, 15) is 9.59 Å². The molecule has 0 saturated carbocycles. The van der Waals surface area contributed by atoms with E-state index in [1.807, 2.05) is 93.0 Å². The molecule has 0 saturated heterocycles. The van der Waals surface area contributed by atoms with Crippen molar-refractivity contribution >= 4 is 17.5 Å². The van der Waals surface area contributed by atoms with E-state index in [4.69, 9.17) is 4.74 Å². The number of carbonyl (C=O) groups is 2. The average Bonchev–Trinajstić information content (AvgIpc) is 2.84. The summed E-state index contributed by atoms with van der Waals surface area (Å²) in [5.41, 5.74) is 2.42. The van der Waals surface area contributed by atoms with E-state index in [0.717, 1.165) is 30.1 Å². The van der Waals surface area contributed by atoms with Crippen LogP contribution in [-0.4, -0.2) is 74.3 Å². The highest BCUT2D eigenvalue weighted by atomic mass is 16.5. The summed E-state index contributed by atoms with van der Waals surface area (Å²) >= 11 is 0. The molecule has 0 unspecified atom stereocenters. The molecule has 184 valence electrons. The summed E-state index contributed by atoms with van der Waals surface area (Å²) in [6.45, 7) is 2.44. The Labute approximate surface area is 207 Å². The number of benzene rings is 3. The lowest BCUT2D eigenvalue weighted by atomic mass is 10.1. The van der Waals surface area contributed by atoms with Gasteiger partial charge in [-0.3, -0.25) is 14.5 Å². The first-order valence-electron chi connectivity index (χ1n) is 11.6. The van der Waals surface area contributed by atoms with Gasteiger partial charge in [-0.2, -0.15) is 0 Å². The number of likely N-dealkylation sites (N-methyl/N-ethyl adjacent to an activating group) is 1. The molecule has 1 N–H and O–H groups in total. The Balaban J connectivity index is 1.59. The normalized spacial score (nSPS) is 10.9. The van der Waals surface area contributed by atoms with Crippen LogP contribution in [0.4, 0.5) is 5.69 Å². The van der Waals surface area contributed by atoms with Gasteiger partial charge < -0.3 is 19.9 Å². The molecule has 3 aromatic carbocycles. The minimum absolute atomic E-state index is 0.0272. The van der Waals surface area contributed by atoms with E-state index in [2.05, 4.69) is 15.1 Å². The van der Waals surface area contributed by atoms with Gasteiger partial charge in [-0.25, -0.2) is 0 Å². The van der Waals surface area contributed by atoms with Crippen molar-refractivity contribution < 1.29 is 14.3 Å². The number of anilines is 1. The van der Waals surface area contributed by atoms with Gasteiger partial charge in [0.2, 0.25) is 5.91 Å². The third-order valence-corrected chi connectivity index (χ3v) is 5.36. The SMILES string of the molecule is CN(C)CCN(CC(=O)Nc1ccc(Oc2ccccc2)cc1)Cc1ccc(C(=O)N(C)C)cc1. The summed E-state index contributed by atoms with van der Waals surface area (Å²) in [5, 5.41) is 2.97. The Kier molecular flexibility index (Phi) is 9.40. The summed E-state index contributed by atoms with van der Waals surface area (Å²) in [4.78, 5) is 30.7. The number of hydrogen-bond donors (Lipinski definition) is 1. The van der Waals surface area contributed by atoms with Crippen LogP contribution < -0.4 is 10.1 Å². The van der Waals surface area contributed by atoms with Gasteiger partial charge in [-0.15, -0.1) is 0 Å². The van der Waals surface area contributed by atoms with Gasteiger partial charge in [-0.05, 0) is 68.2 Å². The van der Waals surface area contributed by atoms with E-state index in [1.165, 1.54) is 0 Å². The lowest BCUT2D eigenvalue weighted by molar-refractivity contribution is -0.117. The lowest BCUT2D eigenvalue weighted by Gasteiger charge is -2.24. The molecule has 0 aromatic heterocycles. The second-order valence-electron chi connectivity index (χ2n) is 8.90. The topological polar surface area (TPSA) is 65.1 Å². The van der Waals surface area contributed by atoms with Crippen LogP contribution in [0.1, 0.15) is 15.9 Å². The maximum Gasteiger partial charge on any atom is 0.253 e.